The second-order valence-electron chi connectivity index (χ2n) is 4.05. The zero-order valence-corrected chi connectivity index (χ0v) is 12.0. The third-order valence-electron chi connectivity index (χ3n) is 2.70. The number of pyridine rings is 1. The zero-order chi connectivity index (χ0) is 14.8. The van der Waals surface area contributed by atoms with E-state index >= 15 is 0 Å². The van der Waals surface area contributed by atoms with Crippen LogP contribution in [0.1, 0.15) is 0 Å². The van der Waals surface area contributed by atoms with Crippen LogP contribution in [0.2, 0.25) is 0 Å². The van der Waals surface area contributed by atoms with Crippen LogP contribution in [0.4, 0.5) is 5.69 Å². The molecule has 0 fully saturated rings. The molecule has 8 heteroatoms. The van der Waals surface area contributed by atoms with Gasteiger partial charge in [-0.3, -0.25) is 15.1 Å². The summed E-state index contributed by atoms with van der Waals surface area (Å²) in [5.41, 5.74) is 0.674. The first-order valence-corrected chi connectivity index (χ1v) is 6.63. The van der Waals surface area contributed by atoms with E-state index in [4.69, 9.17) is 4.42 Å². The number of aromatic nitrogens is 3. The summed E-state index contributed by atoms with van der Waals surface area (Å²) in [6.07, 6.45) is 1.59. The summed E-state index contributed by atoms with van der Waals surface area (Å²) in [4.78, 5) is 14.6. The summed E-state index contributed by atoms with van der Waals surface area (Å²) in [7, 11) is 0. The molecule has 0 bridgehead atoms. The van der Waals surface area contributed by atoms with Crippen molar-refractivity contribution < 1.29 is 9.34 Å². The fourth-order valence-electron chi connectivity index (χ4n) is 1.77. The van der Waals surface area contributed by atoms with Crippen LogP contribution in [-0.2, 0) is 0 Å². The van der Waals surface area contributed by atoms with Crippen LogP contribution in [0, 0.1) is 10.1 Å². The molecule has 0 aliphatic heterocycles. The van der Waals surface area contributed by atoms with Crippen molar-refractivity contribution in [3.8, 4) is 23.0 Å². The van der Waals surface area contributed by atoms with E-state index in [0.717, 1.165) is 4.47 Å². The summed E-state index contributed by atoms with van der Waals surface area (Å²) in [5.74, 6) is 0.281. The first kappa shape index (κ1) is 13.4. The van der Waals surface area contributed by atoms with Crippen LogP contribution in [0.25, 0.3) is 23.0 Å². The van der Waals surface area contributed by atoms with E-state index in [1.165, 1.54) is 6.07 Å². The molecule has 0 amide bonds. The summed E-state index contributed by atoms with van der Waals surface area (Å²) in [6, 6.07) is 9.68. The molecule has 7 nitrogen and oxygen atoms in total. The second kappa shape index (κ2) is 5.41. The zero-order valence-electron chi connectivity index (χ0n) is 10.4. The average Bonchev–Trinajstić information content (AvgIpc) is 2.97. The van der Waals surface area contributed by atoms with Crippen molar-refractivity contribution in [3.63, 3.8) is 0 Å². The van der Waals surface area contributed by atoms with E-state index in [-0.39, 0.29) is 23.0 Å². The van der Waals surface area contributed by atoms with Crippen molar-refractivity contribution in [2.45, 2.75) is 0 Å². The van der Waals surface area contributed by atoms with Crippen LogP contribution in [0.5, 0.6) is 0 Å². The molecule has 21 heavy (non-hydrogen) atoms. The fraction of sp³-hybridized carbons (Fsp3) is 0. The Bertz CT molecular complexity index is 818. The molecule has 0 saturated heterocycles. The van der Waals surface area contributed by atoms with E-state index in [2.05, 4.69) is 31.1 Å². The number of nitro benzene ring substituents is 1. The molecular formula is C13H7BrN4O3. The molecule has 2 heterocycles. The number of halogens is 1. The Morgan fingerprint density at radius 2 is 1.90 bits per heavy atom. The number of hydrogen-bond donors (Lipinski definition) is 0. The minimum Gasteiger partial charge on any atom is -0.414 e. The number of nitro groups is 1. The molecule has 2 aromatic heterocycles. The highest BCUT2D eigenvalue weighted by Gasteiger charge is 2.20. The molecule has 104 valence electrons. The Balaban J connectivity index is 2.05. The molecule has 0 N–H and O–H groups in total. The predicted molar refractivity (Wildman–Crippen MR) is 77.3 cm³/mol. The Morgan fingerprint density at radius 3 is 2.67 bits per heavy atom. The van der Waals surface area contributed by atoms with E-state index in [1.54, 1.807) is 36.5 Å². The maximum Gasteiger partial charge on any atom is 0.282 e. The third-order valence-corrected chi connectivity index (χ3v) is 3.19. The Morgan fingerprint density at radius 1 is 1.14 bits per heavy atom. The lowest BCUT2D eigenvalue weighted by molar-refractivity contribution is -0.384. The lowest BCUT2D eigenvalue weighted by atomic mass is 10.2. The maximum absolute atomic E-state index is 11.0. The van der Waals surface area contributed by atoms with E-state index in [9.17, 15) is 10.1 Å². The van der Waals surface area contributed by atoms with Gasteiger partial charge in [0.2, 0.25) is 0 Å². The van der Waals surface area contributed by atoms with Gasteiger partial charge in [-0.05, 0) is 18.2 Å². The Labute approximate surface area is 126 Å². The van der Waals surface area contributed by atoms with Crippen LogP contribution in [0.3, 0.4) is 0 Å². The van der Waals surface area contributed by atoms with Gasteiger partial charge < -0.3 is 4.42 Å². The van der Waals surface area contributed by atoms with Crippen LogP contribution in [0.15, 0.2) is 51.5 Å². The molecule has 3 rings (SSSR count). The smallest absolute Gasteiger partial charge is 0.282 e. The van der Waals surface area contributed by atoms with Crippen LogP contribution in [-0.4, -0.2) is 20.1 Å². The average molecular weight is 347 g/mol. The molecule has 0 aliphatic carbocycles. The summed E-state index contributed by atoms with van der Waals surface area (Å²) in [5, 5.41) is 18.8. The van der Waals surface area contributed by atoms with Crippen molar-refractivity contribution >= 4 is 21.6 Å². The molecule has 1 aromatic carbocycles. The van der Waals surface area contributed by atoms with Gasteiger partial charge in [0.05, 0.1) is 4.92 Å². The largest absolute Gasteiger partial charge is 0.414 e. The van der Waals surface area contributed by atoms with Gasteiger partial charge in [-0.15, -0.1) is 10.2 Å². The predicted octanol–water partition coefficient (Wildman–Crippen LogP) is 3.47. The molecule has 0 unspecified atom stereocenters. The highest BCUT2D eigenvalue weighted by molar-refractivity contribution is 9.10. The lowest BCUT2D eigenvalue weighted by Crippen LogP contribution is -1.91. The molecule has 0 saturated carbocycles. The van der Waals surface area contributed by atoms with Crippen molar-refractivity contribution in [2.75, 3.05) is 0 Å². The van der Waals surface area contributed by atoms with E-state index in [1.807, 2.05) is 0 Å². The molecule has 0 spiro atoms. The quantitative estimate of drug-likeness (QED) is 0.532. The van der Waals surface area contributed by atoms with Gasteiger partial charge in [0.15, 0.2) is 0 Å². The molecule has 0 radical (unpaired) electrons. The second-order valence-corrected chi connectivity index (χ2v) is 4.96. The topological polar surface area (TPSA) is 95.0 Å². The van der Waals surface area contributed by atoms with Crippen molar-refractivity contribution in [2.24, 2.45) is 0 Å². The SMILES string of the molecule is O=[N+]([O-])c1ccccc1-c1nnc(-c2cc(Br)ccn2)o1. The minimum absolute atomic E-state index is 0.0825. The van der Waals surface area contributed by atoms with Crippen molar-refractivity contribution in [1.82, 2.24) is 15.2 Å². The number of hydrogen-bond acceptors (Lipinski definition) is 6. The first-order chi connectivity index (χ1) is 10.1. The standard InChI is InChI=1S/C13H7BrN4O3/c14-8-5-6-15-10(7-8)13-17-16-12(21-13)9-3-1-2-4-11(9)18(19)20/h1-7H. The Hall–Kier alpha value is -2.61. The first-order valence-electron chi connectivity index (χ1n) is 5.84. The normalized spacial score (nSPS) is 10.5. The van der Waals surface area contributed by atoms with E-state index in [0.29, 0.717) is 5.69 Å². The summed E-state index contributed by atoms with van der Waals surface area (Å²) >= 11 is 3.32. The van der Waals surface area contributed by atoms with Gasteiger partial charge in [0, 0.05) is 16.7 Å². The van der Waals surface area contributed by atoms with Crippen molar-refractivity contribution in [3.05, 3.63) is 57.2 Å². The van der Waals surface area contributed by atoms with Gasteiger partial charge in [-0.25, -0.2) is 0 Å². The molecule has 0 atom stereocenters. The van der Waals surface area contributed by atoms with Crippen LogP contribution < -0.4 is 0 Å². The number of nitrogens with zero attached hydrogens (tertiary/aromatic N) is 4. The third kappa shape index (κ3) is 2.65. The summed E-state index contributed by atoms with van der Waals surface area (Å²) < 4.78 is 6.31. The number of rotatable bonds is 3. The Kier molecular flexibility index (Phi) is 3.44. The summed E-state index contributed by atoms with van der Waals surface area (Å²) in [6.45, 7) is 0. The van der Waals surface area contributed by atoms with Gasteiger partial charge in [-0.1, -0.05) is 28.1 Å². The lowest BCUT2D eigenvalue weighted by Gasteiger charge is -1.97. The fourth-order valence-corrected chi connectivity index (χ4v) is 2.11. The number of benzene rings is 1. The van der Waals surface area contributed by atoms with Gasteiger partial charge in [0.1, 0.15) is 11.3 Å². The number of para-hydroxylation sites is 1. The molecule has 3 aromatic rings. The van der Waals surface area contributed by atoms with Gasteiger partial charge >= 0.3 is 0 Å². The minimum atomic E-state index is -0.490. The molecule has 0 aliphatic rings. The van der Waals surface area contributed by atoms with Gasteiger partial charge in [-0.2, -0.15) is 0 Å². The van der Waals surface area contributed by atoms with Gasteiger partial charge in [0.25, 0.3) is 17.5 Å². The van der Waals surface area contributed by atoms with Crippen LogP contribution >= 0.6 is 15.9 Å². The highest BCUT2D eigenvalue weighted by atomic mass is 79.9. The maximum atomic E-state index is 11.0. The monoisotopic (exact) mass is 346 g/mol. The van der Waals surface area contributed by atoms with Crippen molar-refractivity contribution in [1.29, 1.82) is 0 Å². The van der Waals surface area contributed by atoms with E-state index < -0.39 is 4.92 Å². The molecular weight excluding hydrogens is 340 g/mol. The highest BCUT2D eigenvalue weighted by Crippen LogP contribution is 2.30.